The summed E-state index contributed by atoms with van der Waals surface area (Å²) in [4.78, 5) is 24.2. The second kappa shape index (κ2) is 5.12. The van der Waals surface area contributed by atoms with Crippen LogP contribution in [0.2, 0.25) is 0 Å². The van der Waals surface area contributed by atoms with E-state index in [1.165, 1.54) is 17.0 Å². The number of carbonyl (C=O) groups is 1. The fourth-order valence-electron chi connectivity index (χ4n) is 2.78. The Morgan fingerprint density at radius 3 is 2.78 bits per heavy atom. The van der Waals surface area contributed by atoms with Crippen molar-refractivity contribution < 1.29 is 14.5 Å². The average molecular weight is 315 g/mol. The fraction of sp³-hybridized carbons (Fsp3) is 0.312. The Kier molecular flexibility index (Phi) is 3.35. The number of aromatic nitrogens is 1. The zero-order chi connectivity index (χ0) is 16.8. The number of nitro groups is 1. The van der Waals surface area contributed by atoms with Gasteiger partial charge in [-0.2, -0.15) is 0 Å². The smallest absolute Gasteiger partial charge is 0.271 e. The van der Waals surface area contributed by atoms with Gasteiger partial charge < -0.3 is 14.2 Å². The highest BCUT2D eigenvalue weighted by Gasteiger charge is 2.39. The summed E-state index contributed by atoms with van der Waals surface area (Å²) in [6.45, 7) is 1.85. The molecule has 1 aliphatic heterocycles. The van der Waals surface area contributed by atoms with Crippen LogP contribution in [0.5, 0.6) is 5.75 Å². The number of ether oxygens (including phenoxy) is 1. The number of nitrogens with zero attached hydrogens (tertiary/aromatic N) is 3. The molecule has 1 aromatic heterocycles. The van der Waals surface area contributed by atoms with Gasteiger partial charge in [-0.25, -0.2) is 0 Å². The molecule has 0 saturated heterocycles. The van der Waals surface area contributed by atoms with Crippen LogP contribution >= 0.6 is 0 Å². The van der Waals surface area contributed by atoms with Crippen molar-refractivity contribution in [1.82, 2.24) is 9.47 Å². The molecule has 0 aliphatic carbocycles. The largest absolute Gasteiger partial charge is 0.479 e. The third kappa shape index (κ3) is 2.44. The van der Waals surface area contributed by atoms with Crippen LogP contribution in [0.1, 0.15) is 19.0 Å². The van der Waals surface area contributed by atoms with Crippen LogP contribution < -0.4 is 4.74 Å². The first-order valence-electron chi connectivity index (χ1n) is 7.18. The van der Waals surface area contributed by atoms with Crippen LogP contribution in [0, 0.1) is 10.1 Å². The van der Waals surface area contributed by atoms with Crippen molar-refractivity contribution in [3.05, 3.63) is 52.3 Å². The first-order valence-corrected chi connectivity index (χ1v) is 7.18. The number of nitro benzene ring substituents is 1. The number of hydrogen-bond donors (Lipinski definition) is 0. The maximum atomic E-state index is 12.2. The SMILES string of the molecule is CN(C)C(=O)CC1(C)Oc2ccc([N+](=O)[O-])cc2-n2cccc21. The lowest BCUT2D eigenvalue weighted by atomic mass is 9.94. The van der Waals surface area contributed by atoms with Crippen molar-refractivity contribution in [2.75, 3.05) is 14.1 Å². The predicted molar refractivity (Wildman–Crippen MR) is 83.7 cm³/mol. The highest BCUT2D eigenvalue weighted by molar-refractivity contribution is 5.77. The zero-order valence-corrected chi connectivity index (χ0v) is 13.1. The molecular formula is C16H17N3O4. The van der Waals surface area contributed by atoms with E-state index >= 15 is 0 Å². The summed E-state index contributed by atoms with van der Waals surface area (Å²) in [5.74, 6) is 0.471. The summed E-state index contributed by atoms with van der Waals surface area (Å²) >= 11 is 0. The van der Waals surface area contributed by atoms with Gasteiger partial charge in [0.15, 0.2) is 5.60 Å². The third-order valence-electron chi connectivity index (χ3n) is 4.03. The number of carbonyl (C=O) groups excluding carboxylic acids is 1. The summed E-state index contributed by atoms with van der Waals surface area (Å²) < 4.78 is 7.91. The lowest BCUT2D eigenvalue weighted by molar-refractivity contribution is -0.384. The lowest BCUT2D eigenvalue weighted by Gasteiger charge is -2.37. The molecule has 0 bridgehead atoms. The van der Waals surface area contributed by atoms with E-state index in [0.717, 1.165) is 5.69 Å². The molecule has 2 heterocycles. The van der Waals surface area contributed by atoms with E-state index in [0.29, 0.717) is 11.4 Å². The maximum absolute atomic E-state index is 12.2. The van der Waals surface area contributed by atoms with Crippen LogP contribution in [-0.2, 0) is 10.4 Å². The standard InChI is InChI=1S/C16H17N3O4/c1-16(10-15(20)17(2)3)14-5-4-8-18(14)12-9-11(19(21)22)6-7-13(12)23-16/h4-9H,10H2,1-3H3. The number of amides is 1. The van der Waals surface area contributed by atoms with Gasteiger partial charge in [-0.3, -0.25) is 14.9 Å². The van der Waals surface area contributed by atoms with E-state index in [-0.39, 0.29) is 18.0 Å². The van der Waals surface area contributed by atoms with Crippen molar-refractivity contribution in [2.24, 2.45) is 0 Å². The van der Waals surface area contributed by atoms with Crippen molar-refractivity contribution in [3.63, 3.8) is 0 Å². The van der Waals surface area contributed by atoms with Gasteiger partial charge in [0, 0.05) is 32.4 Å². The van der Waals surface area contributed by atoms with E-state index in [4.69, 9.17) is 4.74 Å². The minimum atomic E-state index is -0.825. The van der Waals surface area contributed by atoms with Crippen LogP contribution in [0.4, 0.5) is 5.69 Å². The van der Waals surface area contributed by atoms with Gasteiger partial charge >= 0.3 is 0 Å². The molecule has 23 heavy (non-hydrogen) atoms. The Morgan fingerprint density at radius 2 is 2.13 bits per heavy atom. The van der Waals surface area contributed by atoms with E-state index in [9.17, 15) is 14.9 Å². The number of non-ortho nitro benzene ring substituents is 1. The normalized spacial score (nSPS) is 18.6. The van der Waals surface area contributed by atoms with Gasteiger partial charge in [0.2, 0.25) is 5.91 Å². The minimum absolute atomic E-state index is 0.0000269. The number of rotatable bonds is 3. The van der Waals surface area contributed by atoms with Gasteiger partial charge in [-0.05, 0) is 25.1 Å². The molecule has 1 aliphatic rings. The van der Waals surface area contributed by atoms with Crippen LogP contribution in [-0.4, -0.2) is 34.4 Å². The molecule has 0 fully saturated rings. The molecule has 1 amide bonds. The van der Waals surface area contributed by atoms with E-state index < -0.39 is 10.5 Å². The Bertz CT molecular complexity index is 796. The molecule has 7 nitrogen and oxygen atoms in total. The minimum Gasteiger partial charge on any atom is -0.479 e. The van der Waals surface area contributed by atoms with Crippen molar-refractivity contribution in [3.8, 4) is 11.4 Å². The number of hydrogen-bond acceptors (Lipinski definition) is 4. The molecule has 7 heteroatoms. The highest BCUT2D eigenvalue weighted by Crippen LogP contribution is 2.42. The summed E-state index contributed by atoms with van der Waals surface area (Å²) in [5.41, 5.74) is 0.572. The monoisotopic (exact) mass is 315 g/mol. The van der Waals surface area contributed by atoms with Gasteiger partial charge in [0.25, 0.3) is 5.69 Å². The molecule has 0 N–H and O–H groups in total. The molecular weight excluding hydrogens is 298 g/mol. The Balaban J connectivity index is 2.08. The summed E-state index contributed by atoms with van der Waals surface area (Å²) in [6.07, 6.45) is 2.00. The first-order chi connectivity index (χ1) is 10.8. The topological polar surface area (TPSA) is 77.6 Å². The molecule has 1 atom stereocenters. The Hall–Kier alpha value is -2.83. The molecule has 0 spiro atoms. The molecule has 1 unspecified atom stereocenters. The molecule has 1 aromatic carbocycles. The number of fused-ring (bicyclic) bond motifs is 3. The van der Waals surface area contributed by atoms with Crippen molar-refractivity contribution in [2.45, 2.75) is 18.9 Å². The first kappa shape index (κ1) is 15.1. The molecule has 0 saturated carbocycles. The average Bonchev–Trinajstić information content (AvgIpc) is 2.97. The summed E-state index contributed by atoms with van der Waals surface area (Å²) in [6, 6.07) is 8.16. The molecule has 0 radical (unpaired) electrons. The molecule has 2 aromatic rings. The number of benzene rings is 1. The second-order valence-corrected chi connectivity index (χ2v) is 5.97. The Morgan fingerprint density at radius 1 is 1.39 bits per heavy atom. The quantitative estimate of drug-likeness (QED) is 0.644. The highest BCUT2D eigenvalue weighted by atomic mass is 16.6. The predicted octanol–water partition coefficient (Wildman–Crippen LogP) is 2.47. The van der Waals surface area contributed by atoms with E-state index in [1.807, 2.05) is 29.8 Å². The van der Waals surface area contributed by atoms with Crippen LogP contribution in [0.3, 0.4) is 0 Å². The fourth-order valence-corrected chi connectivity index (χ4v) is 2.78. The van der Waals surface area contributed by atoms with E-state index in [2.05, 4.69) is 0 Å². The molecule has 120 valence electrons. The van der Waals surface area contributed by atoms with Crippen LogP contribution in [0.25, 0.3) is 5.69 Å². The lowest BCUT2D eigenvalue weighted by Crippen LogP contribution is -2.40. The molecule has 3 rings (SSSR count). The maximum Gasteiger partial charge on any atom is 0.271 e. The second-order valence-electron chi connectivity index (χ2n) is 5.97. The van der Waals surface area contributed by atoms with Gasteiger partial charge in [0.1, 0.15) is 5.75 Å². The van der Waals surface area contributed by atoms with Crippen LogP contribution in [0.15, 0.2) is 36.5 Å². The third-order valence-corrected chi connectivity index (χ3v) is 4.03. The van der Waals surface area contributed by atoms with Crippen molar-refractivity contribution >= 4 is 11.6 Å². The summed E-state index contributed by atoms with van der Waals surface area (Å²) in [5, 5.41) is 11.0. The van der Waals surface area contributed by atoms with E-state index in [1.54, 1.807) is 20.2 Å². The van der Waals surface area contributed by atoms with Gasteiger partial charge in [-0.1, -0.05) is 0 Å². The van der Waals surface area contributed by atoms with Gasteiger partial charge in [-0.15, -0.1) is 0 Å². The summed E-state index contributed by atoms with van der Waals surface area (Å²) in [7, 11) is 3.40. The zero-order valence-electron chi connectivity index (χ0n) is 13.1. The van der Waals surface area contributed by atoms with Crippen molar-refractivity contribution in [1.29, 1.82) is 0 Å². The Labute approximate surface area is 133 Å². The van der Waals surface area contributed by atoms with Gasteiger partial charge in [0.05, 0.1) is 22.7 Å².